The van der Waals surface area contributed by atoms with Crippen LogP contribution in [-0.2, 0) is 20.7 Å². The summed E-state index contributed by atoms with van der Waals surface area (Å²) < 4.78 is 6.40. The second kappa shape index (κ2) is 12.0. The molecule has 0 aliphatic rings. The molecular weight excluding hydrogens is 470 g/mol. The number of amides is 1. The Labute approximate surface area is 217 Å². The van der Waals surface area contributed by atoms with Crippen LogP contribution < -0.4 is 16.7 Å². The van der Waals surface area contributed by atoms with E-state index in [0.717, 1.165) is 12.0 Å². The van der Waals surface area contributed by atoms with E-state index in [1.165, 1.54) is 0 Å². The number of esters is 1. The first-order valence-electron chi connectivity index (χ1n) is 12.8. The van der Waals surface area contributed by atoms with Gasteiger partial charge in [-0.1, -0.05) is 56.3 Å². The quantitative estimate of drug-likeness (QED) is 0.395. The van der Waals surface area contributed by atoms with Crippen LogP contribution >= 0.6 is 0 Å². The van der Waals surface area contributed by atoms with Crippen molar-refractivity contribution in [3.63, 3.8) is 0 Å². The molecule has 37 heavy (non-hydrogen) atoms. The van der Waals surface area contributed by atoms with Gasteiger partial charge in [0.15, 0.2) is 0 Å². The molecule has 0 saturated carbocycles. The highest BCUT2D eigenvalue weighted by Crippen LogP contribution is 2.29. The molecule has 8 nitrogen and oxygen atoms in total. The van der Waals surface area contributed by atoms with Gasteiger partial charge in [0.2, 0.25) is 5.91 Å². The number of hydrogen-bond donors (Lipinski definition) is 2. The number of aromatic amines is 1. The minimum absolute atomic E-state index is 0.0846. The maximum absolute atomic E-state index is 13.6. The third-order valence-electron chi connectivity index (χ3n) is 6.11. The van der Waals surface area contributed by atoms with Gasteiger partial charge in [-0.3, -0.25) is 19.8 Å². The zero-order valence-electron chi connectivity index (χ0n) is 22.2. The number of para-hydroxylation sites is 1. The summed E-state index contributed by atoms with van der Waals surface area (Å²) in [5, 5.41) is 0.273. The smallest absolute Gasteiger partial charge is 0.348 e. The number of fused-ring (bicyclic) bond motifs is 1. The number of nitrogens with one attached hydrogen (secondary N) is 2. The molecule has 0 fully saturated rings. The lowest BCUT2D eigenvalue weighted by atomic mass is 9.81. The fraction of sp³-hybridized carbons (Fsp3) is 0.448. The van der Waals surface area contributed by atoms with Crippen molar-refractivity contribution < 1.29 is 14.3 Å². The van der Waals surface area contributed by atoms with Crippen LogP contribution in [-0.4, -0.2) is 27.1 Å². The first-order valence-corrected chi connectivity index (χ1v) is 12.8. The number of H-pyrrole nitrogens is 1. The van der Waals surface area contributed by atoms with Crippen molar-refractivity contribution in [1.29, 1.82) is 0 Å². The number of benzene rings is 2. The molecule has 0 spiro atoms. The lowest BCUT2D eigenvalue weighted by Crippen LogP contribution is -2.47. The summed E-state index contributed by atoms with van der Waals surface area (Å²) in [6.07, 6.45) is 2.24. The molecule has 3 rings (SSSR count). The third-order valence-corrected chi connectivity index (χ3v) is 6.11. The molecule has 0 saturated heterocycles. The van der Waals surface area contributed by atoms with E-state index in [2.05, 4.69) is 10.4 Å². The molecule has 2 aromatic carbocycles. The number of ether oxygens (including phenoxy) is 1. The summed E-state index contributed by atoms with van der Waals surface area (Å²) in [6.45, 7) is 9.30. The van der Waals surface area contributed by atoms with E-state index < -0.39 is 40.6 Å². The number of hydrogen-bond acceptors (Lipinski definition) is 5. The average molecular weight is 508 g/mol. The number of rotatable bonds is 10. The Morgan fingerprint density at radius 3 is 2.27 bits per heavy atom. The standard InChI is InChI=1S/C29H37N3O5/c1-19(2)18-23(25(33)31-32-26(34)22-15-9-10-17-24(22)30-28(32)36)21(27(35)37-29(3,4)5)16-11-14-20-12-7-6-8-13-20/h6-10,12-13,15,17,19,21,23H,11,14,16,18H2,1-5H3,(H,30,36)(H,31,33)/t21-,23?/m1/s1. The van der Waals surface area contributed by atoms with Crippen molar-refractivity contribution >= 4 is 22.8 Å². The van der Waals surface area contributed by atoms with Crippen molar-refractivity contribution in [3.8, 4) is 0 Å². The van der Waals surface area contributed by atoms with Crippen LogP contribution in [0.1, 0.15) is 59.4 Å². The molecule has 1 aromatic heterocycles. The molecule has 198 valence electrons. The van der Waals surface area contributed by atoms with E-state index >= 15 is 0 Å². The highest BCUT2D eigenvalue weighted by atomic mass is 16.6. The molecule has 2 atom stereocenters. The van der Waals surface area contributed by atoms with Crippen molar-refractivity contribution in [2.75, 3.05) is 5.43 Å². The highest BCUT2D eigenvalue weighted by molar-refractivity contribution is 5.90. The van der Waals surface area contributed by atoms with Gasteiger partial charge in [0, 0.05) is 0 Å². The summed E-state index contributed by atoms with van der Waals surface area (Å²) in [7, 11) is 0. The number of aryl methyl sites for hydroxylation is 1. The number of nitrogens with zero attached hydrogens (tertiary/aromatic N) is 1. The summed E-state index contributed by atoms with van der Waals surface area (Å²) >= 11 is 0. The summed E-state index contributed by atoms with van der Waals surface area (Å²) in [6, 6.07) is 16.5. The van der Waals surface area contributed by atoms with Crippen LogP contribution in [0.15, 0.2) is 64.2 Å². The van der Waals surface area contributed by atoms with Crippen LogP contribution in [0.4, 0.5) is 0 Å². The fourth-order valence-electron chi connectivity index (χ4n) is 4.45. The Balaban J connectivity index is 1.92. The zero-order valence-corrected chi connectivity index (χ0v) is 22.2. The minimum Gasteiger partial charge on any atom is -0.460 e. The summed E-state index contributed by atoms with van der Waals surface area (Å²) in [5.41, 5.74) is 1.92. The molecule has 8 heteroatoms. The first kappa shape index (κ1) is 27.9. The summed E-state index contributed by atoms with van der Waals surface area (Å²) in [5.74, 6) is -2.46. The van der Waals surface area contributed by atoms with Crippen LogP contribution in [0.2, 0.25) is 0 Å². The average Bonchev–Trinajstić information content (AvgIpc) is 2.82. The van der Waals surface area contributed by atoms with Gasteiger partial charge in [-0.15, -0.1) is 0 Å². The van der Waals surface area contributed by atoms with E-state index in [-0.39, 0.29) is 11.3 Å². The number of carbonyl (C=O) groups is 2. The zero-order chi connectivity index (χ0) is 27.2. The molecule has 3 aromatic rings. The molecule has 0 aliphatic carbocycles. The number of carbonyl (C=O) groups excluding carboxylic acids is 2. The molecule has 1 heterocycles. The Bertz CT molecular complexity index is 1340. The molecule has 2 N–H and O–H groups in total. The fourth-order valence-corrected chi connectivity index (χ4v) is 4.45. The second-order valence-electron chi connectivity index (χ2n) is 10.8. The number of aromatic nitrogens is 2. The van der Waals surface area contributed by atoms with Crippen molar-refractivity contribution in [2.24, 2.45) is 17.8 Å². The van der Waals surface area contributed by atoms with Crippen LogP contribution in [0.5, 0.6) is 0 Å². The van der Waals surface area contributed by atoms with Crippen LogP contribution in [0.25, 0.3) is 10.9 Å². The SMILES string of the molecule is CC(C)CC(C(=O)Nn1c(=O)[nH]c2ccccc2c1=O)[C@@H](CCCc1ccccc1)C(=O)OC(C)(C)C. The van der Waals surface area contributed by atoms with Gasteiger partial charge < -0.3 is 9.72 Å². The Morgan fingerprint density at radius 1 is 0.973 bits per heavy atom. The molecule has 1 amide bonds. The highest BCUT2D eigenvalue weighted by Gasteiger charge is 2.37. The second-order valence-corrected chi connectivity index (χ2v) is 10.8. The largest absolute Gasteiger partial charge is 0.460 e. The minimum atomic E-state index is -0.789. The van der Waals surface area contributed by atoms with E-state index in [4.69, 9.17) is 4.74 Å². The Hall–Kier alpha value is -3.68. The Morgan fingerprint density at radius 2 is 1.62 bits per heavy atom. The molecule has 1 unspecified atom stereocenters. The third kappa shape index (κ3) is 7.65. The lowest BCUT2D eigenvalue weighted by Gasteiger charge is -2.29. The summed E-state index contributed by atoms with van der Waals surface area (Å²) in [4.78, 5) is 55.2. The van der Waals surface area contributed by atoms with Gasteiger partial charge in [0.1, 0.15) is 5.60 Å². The maximum atomic E-state index is 13.6. The Kier molecular flexibility index (Phi) is 9.08. The molecule has 0 bridgehead atoms. The predicted octanol–water partition coefficient (Wildman–Crippen LogP) is 4.40. The van der Waals surface area contributed by atoms with E-state index in [1.807, 2.05) is 44.2 Å². The van der Waals surface area contributed by atoms with E-state index in [9.17, 15) is 19.2 Å². The first-order chi connectivity index (χ1) is 17.5. The van der Waals surface area contributed by atoms with Gasteiger partial charge >= 0.3 is 11.7 Å². The molecular formula is C29H37N3O5. The normalized spacial score (nSPS) is 13.4. The maximum Gasteiger partial charge on any atom is 0.348 e. The van der Waals surface area contributed by atoms with Gasteiger partial charge in [-0.2, -0.15) is 4.68 Å². The van der Waals surface area contributed by atoms with Crippen molar-refractivity contribution in [3.05, 3.63) is 81.0 Å². The van der Waals surface area contributed by atoms with Gasteiger partial charge in [0.25, 0.3) is 5.56 Å². The van der Waals surface area contributed by atoms with Crippen molar-refractivity contribution in [2.45, 2.75) is 65.9 Å². The van der Waals surface area contributed by atoms with Gasteiger partial charge in [-0.05, 0) is 70.1 Å². The lowest BCUT2D eigenvalue weighted by molar-refractivity contribution is -0.164. The topological polar surface area (TPSA) is 110 Å². The molecule has 0 radical (unpaired) electrons. The van der Waals surface area contributed by atoms with E-state index in [0.29, 0.717) is 29.5 Å². The van der Waals surface area contributed by atoms with Gasteiger partial charge in [0.05, 0.1) is 22.7 Å². The van der Waals surface area contributed by atoms with Crippen LogP contribution in [0.3, 0.4) is 0 Å². The van der Waals surface area contributed by atoms with Crippen LogP contribution in [0, 0.1) is 17.8 Å². The monoisotopic (exact) mass is 507 g/mol. The predicted molar refractivity (Wildman–Crippen MR) is 145 cm³/mol. The van der Waals surface area contributed by atoms with E-state index in [1.54, 1.807) is 45.0 Å². The molecule has 0 aliphatic heterocycles. The van der Waals surface area contributed by atoms with Crippen molar-refractivity contribution in [1.82, 2.24) is 9.66 Å². The van der Waals surface area contributed by atoms with Gasteiger partial charge in [-0.25, -0.2) is 4.79 Å².